The Morgan fingerprint density at radius 1 is 0.919 bits per heavy atom. The summed E-state index contributed by atoms with van der Waals surface area (Å²) in [5.74, 6) is -0.852. The topological polar surface area (TPSA) is 46.6 Å². The third-order valence-corrected chi connectivity index (χ3v) is 7.18. The SMILES string of the molecule is CC(C)(CN(CCCOc1cccc(S(C)(=O)=O)c1)Cc1cccc(C(F)(F)F)c1F)c1ccccc1. The quantitative estimate of drug-likeness (QED) is 0.207. The summed E-state index contributed by atoms with van der Waals surface area (Å²) < 4.78 is 83.9. The number of alkyl halides is 3. The molecule has 3 aromatic carbocycles. The van der Waals surface area contributed by atoms with Crippen LogP contribution in [-0.4, -0.2) is 39.3 Å². The van der Waals surface area contributed by atoms with E-state index in [-0.39, 0.29) is 29.0 Å². The van der Waals surface area contributed by atoms with Gasteiger partial charge in [0.15, 0.2) is 9.84 Å². The average molecular weight is 538 g/mol. The van der Waals surface area contributed by atoms with Crippen LogP contribution in [0.5, 0.6) is 5.75 Å². The number of ether oxygens (including phenoxy) is 1. The summed E-state index contributed by atoms with van der Waals surface area (Å²) in [7, 11) is -3.37. The van der Waals surface area contributed by atoms with E-state index in [0.29, 0.717) is 25.3 Å². The first-order valence-electron chi connectivity index (χ1n) is 11.8. The Morgan fingerprint density at radius 3 is 2.24 bits per heavy atom. The molecule has 200 valence electrons. The van der Waals surface area contributed by atoms with Gasteiger partial charge in [0.2, 0.25) is 0 Å². The molecule has 4 nitrogen and oxygen atoms in total. The van der Waals surface area contributed by atoms with Crippen molar-refractivity contribution >= 4 is 9.84 Å². The van der Waals surface area contributed by atoms with E-state index in [1.165, 1.54) is 24.3 Å². The van der Waals surface area contributed by atoms with Gasteiger partial charge in [0.1, 0.15) is 11.6 Å². The van der Waals surface area contributed by atoms with Gasteiger partial charge >= 0.3 is 6.18 Å². The second kappa shape index (κ2) is 11.6. The smallest absolute Gasteiger partial charge is 0.419 e. The normalized spacial score (nSPS) is 12.6. The molecule has 37 heavy (non-hydrogen) atoms. The highest BCUT2D eigenvalue weighted by Crippen LogP contribution is 2.33. The van der Waals surface area contributed by atoms with Crippen LogP contribution >= 0.6 is 0 Å². The predicted molar refractivity (Wildman–Crippen MR) is 136 cm³/mol. The van der Waals surface area contributed by atoms with Gasteiger partial charge in [-0.25, -0.2) is 12.8 Å². The summed E-state index contributed by atoms with van der Waals surface area (Å²) in [4.78, 5) is 2.07. The molecule has 3 rings (SSSR count). The Kier molecular flexibility index (Phi) is 9.02. The van der Waals surface area contributed by atoms with Crippen molar-refractivity contribution < 1.29 is 30.7 Å². The van der Waals surface area contributed by atoms with E-state index in [0.717, 1.165) is 17.9 Å². The molecule has 0 aliphatic heterocycles. The van der Waals surface area contributed by atoms with Crippen molar-refractivity contribution in [2.24, 2.45) is 0 Å². The molecule has 0 fully saturated rings. The van der Waals surface area contributed by atoms with Crippen molar-refractivity contribution in [3.8, 4) is 5.75 Å². The van der Waals surface area contributed by atoms with Gasteiger partial charge in [0.25, 0.3) is 0 Å². The third-order valence-electron chi connectivity index (χ3n) is 6.07. The van der Waals surface area contributed by atoms with Crippen molar-refractivity contribution in [2.45, 2.75) is 43.3 Å². The third kappa shape index (κ3) is 8.04. The van der Waals surface area contributed by atoms with Gasteiger partial charge in [-0.3, -0.25) is 4.90 Å². The maximum Gasteiger partial charge on any atom is 0.419 e. The van der Waals surface area contributed by atoms with Crippen LogP contribution in [0.4, 0.5) is 17.6 Å². The highest BCUT2D eigenvalue weighted by atomic mass is 32.2. The summed E-state index contributed by atoms with van der Waals surface area (Å²) in [5, 5.41) is 0. The summed E-state index contributed by atoms with van der Waals surface area (Å²) in [6, 6.07) is 19.3. The lowest BCUT2D eigenvalue weighted by atomic mass is 9.84. The number of hydrogen-bond donors (Lipinski definition) is 0. The van der Waals surface area contributed by atoms with Crippen LogP contribution in [0.25, 0.3) is 0 Å². The fourth-order valence-electron chi connectivity index (χ4n) is 4.19. The lowest BCUT2D eigenvalue weighted by molar-refractivity contribution is -0.140. The van der Waals surface area contributed by atoms with Crippen LogP contribution in [0.3, 0.4) is 0 Å². The molecule has 0 spiro atoms. The van der Waals surface area contributed by atoms with Crippen LogP contribution in [0.2, 0.25) is 0 Å². The Morgan fingerprint density at radius 2 is 1.59 bits per heavy atom. The van der Waals surface area contributed by atoms with E-state index >= 15 is 0 Å². The van der Waals surface area contributed by atoms with Gasteiger partial charge in [-0.05, 0) is 36.2 Å². The minimum atomic E-state index is -4.78. The van der Waals surface area contributed by atoms with E-state index < -0.39 is 27.4 Å². The minimum Gasteiger partial charge on any atom is -0.494 e. The summed E-state index contributed by atoms with van der Waals surface area (Å²) in [6.45, 7) is 5.21. The van der Waals surface area contributed by atoms with Gasteiger partial charge in [0, 0.05) is 36.9 Å². The lowest BCUT2D eigenvalue weighted by Gasteiger charge is -2.33. The number of benzene rings is 3. The van der Waals surface area contributed by atoms with E-state index in [2.05, 4.69) is 0 Å². The number of hydrogen-bond acceptors (Lipinski definition) is 4. The molecule has 0 radical (unpaired) electrons. The van der Waals surface area contributed by atoms with E-state index in [1.807, 2.05) is 49.1 Å². The van der Waals surface area contributed by atoms with E-state index in [4.69, 9.17) is 4.74 Å². The summed E-state index contributed by atoms with van der Waals surface area (Å²) in [6.07, 6.45) is -3.16. The molecule has 0 saturated heterocycles. The lowest BCUT2D eigenvalue weighted by Crippen LogP contribution is -2.38. The van der Waals surface area contributed by atoms with E-state index in [9.17, 15) is 26.0 Å². The zero-order chi connectivity index (χ0) is 27.3. The van der Waals surface area contributed by atoms with E-state index in [1.54, 1.807) is 12.1 Å². The fraction of sp³-hybridized carbons (Fsp3) is 0.357. The first-order chi connectivity index (χ1) is 17.3. The van der Waals surface area contributed by atoms with Crippen LogP contribution in [0, 0.1) is 5.82 Å². The van der Waals surface area contributed by atoms with Crippen LogP contribution in [0.15, 0.2) is 77.7 Å². The molecule has 0 unspecified atom stereocenters. The Hall–Kier alpha value is -2.91. The second-order valence-corrected chi connectivity index (χ2v) is 11.7. The molecule has 0 saturated carbocycles. The number of halogens is 4. The van der Waals surface area contributed by atoms with Crippen molar-refractivity contribution in [3.05, 3.63) is 95.3 Å². The van der Waals surface area contributed by atoms with Gasteiger partial charge in [-0.15, -0.1) is 0 Å². The molecule has 0 atom stereocenters. The molecule has 0 heterocycles. The number of rotatable bonds is 11. The standard InChI is InChI=1S/C28H31F4NO3S/c1-27(2,22-11-5-4-6-12-22)20-33(19-21-10-7-15-25(26(21)29)28(30,31)32)16-9-17-36-23-13-8-14-24(18-23)37(3,34)35/h4-8,10-15,18H,9,16-17,19-20H2,1-3H3. The van der Waals surface area contributed by atoms with Crippen molar-refractivity contribution in [3.63, 3.8) is 0 Å². The molecule has 0 aliphatic rings. The number of sulfone groups is 1. The molecule has 0 N–H and O–H groups in total. The van der Waals surface area contributed by atoms with Crippen molar-refractivity contribution in [1.82, 2.24) is 4.90 Å². The van der Waals surface area contributed by atoms with Crippen LogP contribution in [0.1, 0.15) is 37.0 Å². The van der Waals surface area contributed by atoms with Crippen molar-refractivity contribution in [2.75, 3.05) is 26.0 Å². The second-order valence-electron chi connectivity index (χ2n) is 9.69. The first-order valence-corrected chi connectivity index (χ1v) is 13.7. The fourth-order valence-corrected chi connectivity index (χ4v) is 4.84. The summed E-state index contributed by atoms with van der Waals surface area (Å²) in [5.41, 5.74) is -0.607. The Bertz CT molecular complexity index is 1290. The highest BCUT2D eigenvalue weighted by Gasteiger charge is 2.35. The summed E-state index contributed by atoms with van der Waals surface area (Å²) >= 11 is 0. The van der Waals surface area contributed by atoms with Gasteiger partial charge in [0.05, 0.1) is 17.1 Å². The largest absolute Gasteiger partial charge is 0.494 e. The highest BCUT2D eigenvalue weighted by molar-refractivity contribution is 7.90. The van der Waals surface area contributed by atoms with Gasteiger partial charge in [-0.2, -0.15) is 13.2 Å². The first kappa shape index (κ1) is 28.7. The maximum absolute atomic E-state index is 14.8. The van der Waals surface area contributed by atoms with Crippen LogP contribution < -0.4 is 4.74 Å². The average Bonchev–Trinajstić information content (AvgIpc) is 2.82. The van der Waals surface area contributed by atoms with Gasteiger partial charge in [-0.1, -0.05) is 62.4 Å². The van der Waals surface area contributed by atoms with Crippen molar-refractivity contribution in [1.29, 1.82) is 0 Å². The van der Waals surface area contributed by atoms with Crippen LogP contribution in [-0.2, 0) is 28.0 Å². The molecule has 0 amide bonds. The molecule has 3 aromatic rings. The molecule has 0 aromatic heterocycles. The Labute approximate surface area is 215 Å². The molecular weight excluding hydrogens is 506 g/mol. The zero-order valence-corrected chi connectivity index (χ0v) is 21.9. The predicted octanol–water partition coefficient (Wildman–Crippen LogP) is 6.50. The molecule has 0 bridgehead atoms. The van der Waals surface area contributed by atoms with Gasteiger partial charge < -0.3 is 4.74 Å². The monoisotopic (exact) mass is 537 g/mol. The number of nitrogens with zero attached hydrogens (tertiary/aromatic N) is 1. The Balaban J connectivity index is 1.75. The molecule has 9 heteroatoms. The molecular formula is C28H31F4NO3S. The minimum absolute atomic E-state index is 0.00438. The zero-order valence-electron chi connectivity index (χ0n) is 21.1. The molecule has 0 aliphatic carbocycles. The maximum atomic E-state index is 14.8.